The van der Waals surface area contributed by atoms with Crippen molar-refractivity contribution >= 4 is 17.9 Å². The van der Waals surface area contributed by atoms with Crippen molar-refractivity contribution in [3.63, 3.8) is 0 Å². The summed E-state index contributed by atoms with van der Waals surface area (Å²) in [4.78, 5) is 37.7. The Bertz CT molecular complexity index is 826. The number of carbonyl (C=O) groups excluding carboxylic acids is 3. The average Bonchev–Trinajstić information content (AvgIpc) is 3.14. The maximum atomic E-state index is 12.7. The number of esters is 3. The van der Waals surface area contributed by atoms with E-state index >= 15 is 0 Å². The number of ether oxygens (including phenoxy) is 3. The first-order valence-electron chi connectivity index (χ1n) is 23.2. The van der Waals surface area contributed by atoms with Crippen LogP contribution in [0.5, 0.6) is 0 Å². The number of carbonyl (C=O) groups is 3. The molecule has 0 amide bonds. The molecule has 0 aromatic rings. The first-order valence-corrected chi connectivity index (χ1v) is 23.2. The molecule has 0 N–H and O–H groups in total. The van der Waals surface area contributed by atoms with Crippen LogP contribution < -0.4 is 0 Å². The molecule has 2 unspecified atom stereocenters. The molecule has 0 aromatic carbocycles. The maximum Gasteiger partial charge on any atom is 0.306 e. The zero-order chi connectivity index (χ0) is 39.2. The Labute approximate surface area is 329 Å². The third kappa shape index (κ3) is 38.5. The Hall–Kier alpha value is -1.59. The van der Waals surface area contributed by atoms with Crippen LogP contribution in [-0.4, -0.2) is 37.2 Å². The van der Waals surface area contributed by atoms with E-state index in [1.807, 2.05) is 0 Å². The zero-order valence-electron chi connectivity index (χ0n) is 36.3. The minimum Gasteiger partial charge on any atom is -0.462 e. The van der Waals surface area contributed by atoms with Crippen molar-refractivity contribution in [1.29, 1.82) is 0 Å². The quantitative estimate of drug-likeness (QED) is 0.0352. The highest BCUT2D eigenvalue weighted by Crippen LogP contribution is 2.17. The van der Waals surface area contributed by atoms with Crippen LogP contribution in [0.4, 0.5) is 0 Å². The number of rotatable bonds is 40. The lowest BCUT2D eigenvalue weighted by Gasteiger charge is -2.18. The van der Waals surface area contributed by atoms with Crippen LogP contribution in [0.15, 0.2) is 0 Å². The van der Waals surface area contributed by atoms with Gasteiger partial charge in [-0.15, -0.1) is 0 Å². The van der Waals surface area contributed by atoms with Crippen LogP contribution in [0.1, 0.15) is 247 Å². The Balaban J connectivity index is 4.32. The Kier molecular flexibility index (Phi) is 37.5. The number of unbranched alkanes of at least 4 members (excludes halogenated alkanes) is 21. The van der Waals surface area contributed by atoms with E-state index < -0.39 is 6.10 Å². The van der Waals surface area contributed by atoms with Crippen molar-refractivity contribution < 1.29 is 28.6 Å². The van der Waals surface area contributed by atoms with E-state index in [1.54, 1.807) is 0 Å². The lowest BCUT2D eigenvalue weighted by atomic mass is 10.00. The summed E-state index contributed by atoms with van der Waals surface area (Å²) < 4.78 is 16.7. The fraction of sp³-hybridized carbons (Fsp3) is 0.936. The van der Waals surface area contributed by atoms with Gasteiger partial charge in [-0.25, -0.2) is 0 Å². The fourth-order valence-corrected chi connectivity index (χ4v) is 6.81. The molecule has 0 rings (SSSR count). The Morgan fingerprint density at radius 2 is 0.660 bits per heavy atom. The van der Waals surface area contributed by atoms with Crippen molar-refractivity contribution in [1.82, 2.24) is 0 Å². The van der Waals surface area contributed by atoms with Gasteiger partial charge in [0.2, 0.25) is 0 Å². The lowest BCUT2D eigenvalue weighted by molar-refractivity contribution is -0.167. The molecule has 0 radical (unpaired) electrons. The summed E-state index contributed by atoms with van der Waals surface area (Å²) >= 11 is 0. The first-order chi connectivity index (χ1) is 25.7. The van der Waals surface area contributed by atoms with Crippen LogP contribution in [0.25, 0.3) is 0 Å². The van der Waals surface area contributed by atoms with E-state index in [0.717, 1.165) is 75.5 Å². The molecule has 0 saturated carbocycles. The van der Waals surface area contributed by atoms with E-state index in [1.165, 1.54) is 128 Å². The van der Waals surface area contributed by atoms with Gasteiger partial charge in [0.05, 0.1) is 0 Å². The molecular formula is C47H90O6. The van der Waals surface area contributed by atoms with Gasteiger partial charge in [0, 0.05) is 19.3 Å². The molecule has 0 fully saturated rings. The summed E-state index contributed by atoms with van der Waals surface area (Å²) in [6.45, 7) is 13.6. The molecule has 0 bridgehead atoms. The lowest BCUT2D eigenvalue weighted by Crippen LogP contribution is -2.30. The highest BCUT2D eigenvalue weighted by atomic mass is 16.6. The van der Waals surface area contributed by atoms with E-state index in [2.05, 4.69) is 41.5 Å². The number of hydrogen-bond acceptors (Lipinski definition) is 6. The molecule has 0 aliphatic heterocycles. The molecule has 314 valence electrons. The largest absolute Gasteiger partial charge is 0.462 e. The predicted molar refractivity (Wildman–Crippen MR) is 224 cm³/mol. The van der Waals surface area contributed by atoms with Crippen LogP contribution in [-0.2, 0) is 28.6 Å². The summed E-state index contributed by atoms with van der Waals surface area (Å²) in [5.74, 6) is 1.59. The molecule has 0 heterocycles. The Morgan fingerprint density at radius 1 is 0.377 bits per heavy atom. The minimum atomic E-state index is -0.762. The molecule has 0 aliphatic carbocycles. The topological polar surface area (TPSA) is 78.9 Å². The van der Waals surface area contributed by atoms with E-state index in [9.17, 15) is 14.4 Å². The molecule has 6 nitrogen and oxygen atoms in total. The predicted octanol–water partition coefficient (Wildman–Crippen LogP) is 14.4. The maximum absolute atomic E-state index is 12.7. The van der Waals surface area contributed by atoms with Gasteiger partial charge in [-0.1, -0.05) is 208 Å². The molecule has 0 aromatic heterocycles. The molecule has 6 heteroatoms. The normalized spacial score (nSPS) is 13.2. The van der Waals surface area contributed by atoms with Gasteiger partial charge in [0.25, 0.3) is 0 Å². The SMILES string of the molecule is CCC(C)CCCCCCCCC(=O)OC[C@H](COC(=O)CCCCCCCCCCCCCCC(C)C)OC(=O)CCCCCCCCC(C)CC. The van der Waals surface area contributed by atoms with Gasteiger partial charge < -0.3 is 14.2 Å². The highest BCUT2D eigenvalue weighted by molar-refractivity contribution is 5.71. The van der Waals surface area contributed by atoms with Crippen molar-refractivity contribution in [3.05, 3.63) is 0 Å². The fourth-order valence-electron chi connectivity index (χ4n) is 6.81. The zero-order valence-corrected chi connectivity index (χ0v) is 36.3. The van der Waals surface area contributed by atoms with Crippen LogP contribution in [0.2, 0.25) is 0 Å². The molecule has 3 atom stereocenters. The third-order valence-electron chi connectivity index (χ3n) is 11.1. The van der Waals surface area contributed by atoms with Crippen molar-refractivity contribution in [2.45, 2.75) is 253 Å². The van der Waals surface area contributed by atoms with E-state index in [0.29, 0.717) is 19.3 Å². The van der Waals surface area contributed by atoms with Crippen LogP contribution in [0.3, 0.4) is 0 Å². The summed E-state index contributed by atoms with van der Waals surface area (Å²) in [7, 11) is 0. The van der Waals surface area contributed by atoms with Gasteiger partial charge in [0.15, 0.2) is 6.10 Å². The van der Waals surface area contributed by atoms with Gasteiger partial charge >= 0.3 is 17.9 Å². The van der Waals surface area contributed by atoms with E-state index in [4.69, 9.17) is 14.2 Å². The summed E-state index contributed by atoms with van der Waals surface area (Å²) in [5, 5.41) is 0. The Morgan fingerprint density at radius 3 is 0.981 bits per heavy atom. The van der Waals surface area contributed by atoms with Crippen molar-refractivity contribution in [2.24, 2.45) is 17.8 Å². The minimum absolute atomic E-state index is 0.0671. The second-order valence-corrected chi connectivity index (χ2v) is 17.0. The molecule has 0 aliphatic rings. The molecule has 0 saturated heterocycles. The summed E-state index contributed by atoms with van der Waals surface area (Å²) in [6, 6.07) is 0. The average molecular weight is 751 g/mol. The van der Waals surface area contributed by atoms with Gasteiger partial charge in [-0.3, -0.25) is 14.4 Å². The standard InChI is InChI=1S/C47H90O6/c1-7-42(5)34-28-22-17-19-25-31-37-46(49)52-40-44(53-47(50)38-32-26-20-18-23-29-35-43(6)8-2)39-51-45(48)36-30-24-16-14-12-10-9-11-13-15-21-27-33-41(3)4/h41-44H,7-40H2,1-6H3/t42?,43?,44-/m0/s1. The van der Waals surface area contributed by atoms with Crippen LogP contribution in [0, 0.1) is 17.8 Å². The summed E-state index contributed by atoms with van der Waals surface area (Å²) in [5.41, 5.74) is 0. The highest BCUT2D eigenvalue weighted by Gasteiger charge is 2.19. The molecule has 0 spiro atoms. The van der Waals surface area contributed by atoms with Gasteiger partial charge in [-0.05, 0) is 37.0 Å². The molecular weight excluding hydrogens is 661 g/mol. The van der Waals surface area contributed by atoms with Crippen LogP contribution >= 0.6 is 0 Å². The monoisotopic (exact) mass is 751 g/mol. The van der Waals surface area contributed by atoms with Gasteiger partial charge in [-0.2, -0.15) is 0 Å². The summed E-state index contributed by atoms with van der Waals surface area (Å²) in [6.07, 6.45) is 35.2. The second kappa shape index (κ2) is 38.7. The van der Waals surface area contributed by atoms with Gasteiger partial charge in [0.1, 0.15) is 13.2 Å². The van der Waals surface area contributed by atoms with Crippen molar-refractivity contribution in [3.8, 4) is 0 Å². The second-order valence-electron chi connectivity index (χ2n) is 17.0. The first kappa shape index (κ1) is 51.4. The molecule has 53 heavy (non-hydrogen) atoms. The smallest absolute Gasteiger partial charge is 0.306 e. The third-order valence-corrected chi connectivity index (χ3v) is 11.1. The number of hydrogen-bond donors (Lipinski definition) is 0. The van der Waals surface area contributed by atoms with E-state index in [-0.39, 0.29) is 31.1 Å². The van der Waals surface area contributed by atoms with Crippen molar-refractivity contribution in [2.75, 3.05) is 13.2 Å².